The second-order valence-corrected chi connectivity index (χ2v) is 5.22. The van der Waals surface area contributed by atoms with Crippen LogP contribution in [-0.2, 0) is 0 Å². The Labute approximate surface area is 100 Å². The molecule has 0 fully saturated rings. The quantitative estimate of drug-likeness (QED) is 0.885. The lowest BCUT2D eigenvalue weighted by Gasteiger charge is -2.17. The van der Waals surface area contributed by atoms with Crippen molar-refractivity contribution in [2.24, 2.45) is 5.41 Å². The van der Waals surface area contributed by atoms with Crippen molar-refractivity contribution >= 4 is 6.01 Å². The molecule has 0 atom stereocenters. The topological polar surface area (TPSA) is 64.1 Å². The van der Waals surface area contributed by atoms with Gasteiger partial charge in [-0.05, 0) is 18.4 Å². The van der Waals surface area contributed by atoms with Crippen LogP contribution in [0.5, 0.6) is 0 Å². The average Bonchev–Trinajstić information content (AvgIpc) is 2.81. The van der Waals surface area contributed by atoms with Crippen molar-refractivity contribution in [1.82, 2.24) is 10.2 Å². The standard InChI is InChI=1S/C12H17N3O2/c1-8-9(5-6-16-8)10-14-15-11(17-10)13-7-12(2,3)4/h5-6H,7H2,1-4H3,(H,13,15). The summed E-state index contributed by atoms with van der Waals surface area (Å²) < 4.78 is 10.7. The van der Waals surface area contributed by atoms with Crippen LogP contribution in [0.2, 0.25) is 0 Å². The van der Waals surface area contributed by atoms with E-state index in [9.17, 15) is 0 Å². The summed E-state index contributed by atoms with van der Waals surface area (Å²) in [6.45, 7) is 9.05. The third-order valence-corrected chi connectivity index (χ3v) is 2.28. The van der Waals surface area contributed by atoms with Gasteiger partial charge in [-0.3, -0.25) is 0 Å². The Hall–Kier alpha value is -1.78. The number of furan rings is 1. The summed E-state index contributed by atoms with van der Waals surface area (Å²) in [6, 6.07) is 2.26. The molecule has 0 spiro atoms. The SMILES string of the molecule is Cc1occc1-c1nnc(NCC(C)(C)C)o1. The summed E-state index contributed by atoms with van der Waals surface area (Å²) in [4.78, 5) is 0. The second-order valence-electron chi connectivity index (χ2n) is 5.22. The molecule has 2 heterocycles. The van der Waals surface area contributed by atoms with E-state index in [-0.39, 0.29) is 5.41 Å². The highest BCUT2D eigenvalue weighted by molar-refractivity contribution is 5.55. The lowest BCUT2D eigenvalue weighted by atomic mass is 9.97. The first-order valence-corrected chi connectivity index (χ1v) is 5.57. The molecular formula is C12H17N3O2. The van der Waals surface area contributed by atoms with Crippen LogP contribution in [0.4, 0.5) is 6.01 Å². The van der Waals surface area contributed by atoms with Crippen molar-refractivity contribution in [3.63, 3.8) is 0 Å². The fraction of sp³-hybridized carbons (Fsp3) is 0.500. The van der Waals surface area contributed by atoms with E-state index >= 15 is 0 Å². The molecule has 2 rings (SSSR count). The van der Waals surface area contributed by atoms with Crippen molar-refractivity contribution < 1.29 is 8.83 Å². The second kappa shape index (κ2) is 4.24. The predicted octanol–water partition coefficient (Wildman–Crippen LogP) is 3.10. The molecule has 0 aliphatic carbocycles. The normalized spacial score (nSPS) is 11.8. The zero-order valence-corrected chi connectivity index (χ0v) is 10.6. The van der Waals surface area contributed by atoms with Gasteiger partial charge < -0.3 is 14.2 Å². The Morgan fingerprint density at radius 2 is 2.06 bits per heavy atom. The molecule has 0 bridgehead atoms. The minimum absolute atomic E-state index is 0.167. The molecule has 2 aromatic heterocycles. The summed E-state index contributed by atoms with van der Waals surface area (Å²) in [7, 11) is 0. The highest BCUT2D eigenvalue weighted by Gasteiger charge is 2.15. The van der Waals surface area contributed by atoms with Crippen molar-refractivity contribution in [1.29, 1.82) is 0 Å². The molecule has 0 saturated carbocycles. The first-order chi connectivity index (χ1) is 7.96. The number of hydrogen-bond donors (Lipinski definition) is 1. The lowest BCUT2D eigenvalue weighted by molar-refractivity contribution is 0.434. The van der Waals surface area contributed by atoms with Crippen LogP contribution in [0.25, 0.3) is 11.5 Å². The molecule has 0 radical (unpaired) electrons. The fourth-order valence-corrected chi connectivity index (χ4v) is 1.35. The van der Waals surface area contributed by atoms with Crippen LogP contribution in [0.1, 0.15) is 26.5 Å². The number of hydrogen-bond acceptors (Lipinski definition) is 5. The highest BCUT2D eigenvalue weighted by atomic mass is 16.4. The average molecular weight is 235 g/mol. The van der Waals surface area contributed by atoms with E-state index < -0.39 is 0 Å². The maximum Gasteiger partial charge on any atom is 0.315 e. The van der Waals surface area contributed by atoms with E-state index in [1.807, 2.05) is 13.0 Å². The molecule has 0 aliphatic heterocycles. The van der Waals surface area contributed by atoms with Crippen molar-refractivity contribution in [2.75, 3.05) is 11.9 Å². The van der Waals surface area contributed by atoms with E-state index in [0.717, 1.165) is 17.9 Å². The Morgan fingerprint density at radius 3 is 2.65 bits per heavy atom. The summed E-state index contributed by atoms with van der Waals surface area (Å²) in [6.07, 6.45) is 1.61. The van der Waals surface area contributed by atoms with Gasteiger partial charge in [-0.25, -0.2) is 0 Å². The van der Waals surface area contributed by atoms with Gasteiger partial charge in [0.15, 0.2) is 0 Å². The highest BCUT2D eigenvalue weighted by Crippen LogP contribution is 2.24. The Balaban J connectivity index is 2.09. The van der Waals surface area contributed by atoms with E-state index in [2.05, 4.69) is 36.3 Å². The molecule has 0 saturated heterocycles. The van der Waals surface area contributed by atoms with Crippen molar-refractivity contribution in [3.05, 3.63) is 18.1 Å². The zero-order valence-electron chi connectivity index (χ0n) is 10.6. The largest absolute Gasteiger partial charge is 0.469 e. The van der Waals surface area contributed by atoms with Gasteiger partial charge in [0.05, 0.1) is 11.8 Å². The monoisotopic (exact) mass is 235 g/mol. The van der Waals surface area contributed by atoms with Gasteiger partial charge in [0, 0.05) is 6.54 Å². The van der Waals surface area contributed by atoms with Crippen LogP contribution in [-0.4, -0.2) is 16.7 Å². The van der Waals surface area contributed by atoms with Gasteiger partial charge in [-0.15, -0.1) is 5.10 Å². The van der Waals surface area contributed by atoms with Gasteiger partial charge in [-0.1, -0.05) is 25.9 Å². The molecule has 92 valence electrons. The maximum atomic E-state index is 5.51. The Kier molecular flexibility index (Phi) is 2.92. The minimum atomic E-state index is 0.167. The van der Waals surface area contributed by atoms with Gasteiger partial charge in [0.1, 0.15) is 5.76 Å². The Morgan fingerprint density at radius 1 is 1.29 bits per heavy atom. The van der Waals surface area contributed by atoms with Gasteiger partial charge in [0.25, 0.3) is 5.89 Å². The number of aryl methyl sites for hydroxylation is 1. The van der Waals surface area contributed by atoms with E-state index in [4.69, 9.17) is 8.83 Å². The number of anilines is 1. The maximum absolute atomic E-state index is 5.51. The van der Waals surface area contributed by atoms with Gasteiger partial charge >= 0.3 is 6.01 Å². The number of rotatable bonds is 3. The number of nitrogens with one attached hydrogen (secondary N) is 1. The molecule has 1 N–H and O–H groups in total. The van der Waals surface area contributed by atoms with E-state index in [1.54, 1.807) is 6.26 Å². The first-order valence-electron chi connectivity index (χ1n) is 5.57. The zero-order chi connectivity index (χ0) is 12.5. The molecule has 0 amide bonds. The van der Waals surface area contributed by atoms with Crippen LogP contribution < -0.4 is 5.32 Å². The molecule has 0 aliphatic rings. The molecule has 5 nitrogen and oxygen atoms in total. The van der Waals surface area contributed by atoms with Gasteiger partial charge in [-0.2, -0.15) is 0 Å². The number of nitrogens with zero attached hydrogens (tertiary/aromatic N) is 2. The summed E-state index contributed by atoms with van der Waals surface area (Å²) in [5.41, 5.74) is 1.00. The smallest absolute Gasteiger partial charge is 0.315 e. The van der Waals surface area contributed by atoms with Crippen LogP contribution in [0.3, 0.4) is 0 Å². The Bertz CT molecular complexity index is 494. The minimum Gasteiger partial charge on any atom is -0.469 e. The molecular weight excluding hydrogens is 218 g/mol. The molecule has 2 aromatic rings. The van der Waals surface area contributed by atoms with Gasteiger partial charge in [0.2, 0.25) is 0 Å². The predicted molar refractivity (Wildman–Crippen MR) is 64.7 cm³/mol. The molecule has 17 heavy (non-hydrogen) atoms. The molecule has 0 unspecified atom stereocenters. The van der Waals surface area contributed by atoms with Crippen molar-refractivity contribution in [3.8, 4) is 11.5 Å². The summed E-state index contributed by atoms with van der Waals surface area (Å²) in [5.74, 6) is 1.25. The van der Waals surface area contributed by atoms with E-state index in [0.29, 0.717) is 11.9 Å². The third kappa shape index (κ3) is 2.87. The third-order valence-electron chi connectivity index (χ3n) is 2.28. The lowest BCUT2D eigenvalue weighted by Crippen LogP contribution is -2.19. The van der Waals surface area contributed by atoms with Crippen LogP contribution >= 0.6 is 0 Å². The van der Waals surface area contributed by atoms with Crippen LogP contribution in [0.15, 0.2) is 21.2 Å². The van der Waals surface area contributed by atoms with E-state index in [1.165, 1.54) is 0 Å². The summed E-state index contributed by atoms with van der Waals surface area (Å²) in [5, 5.41) is 11.0. The van der Waals surface area contributed by atoms with Crippen LogP contribution in [0, 0.1) is 12.3 Å². The van der Waals surface area contributed by atoms with Crippen molar-refractivity contribution in [2.45, 2.75) is 27.7 Å². The fourth-order valence-electron chi connectivity index (χ4n) is 1.35. The summed E-state index contributed by atoms with van der Waals surface area (Å²) >= 11 is 0. The first kappa shape index (κ1) is 11.7. The molecule has 0 aromatic carbocycles. The molecule has 5 heteroatoms. The number of aromatic nitrogens is 2.